The molecule has 0 N–H and O–H groups in total. The smallest absolute Gasteiger partial charge is 0.343 e. The zero-order chi connectivity index (χ0) is 11.6. The molecule has 2 atom stereocenters. The molecule has 1 aromatic rings. The topological polar surface area (TPSA) is 35.5 Å². The van der Waals surface area contributed by atoms with Crippen LogP contribution >= 0.6 is 0 Å². The number of benzene rings is 1. The molecule has 1 heterocycles. The number of hydrogen-bond donors (Lipinski definition) is 0. The predicted molar refractivity (Wildman–Crippen MR) is 59.9 cm³/mol. The van der Waals surface area contributed by atoms with E-state index in [-0.39, 0.29) is 12.1 Å². The Kier molecular flexibility index (Phi) is 2.97. The third-order valence-corrected chi connectivity index (χ3v) is 3.13. The number of carbonyl (C=O) groups is 1. The molecule has 3 nitrogen and oxygen atoms in total. The van der Waals surface area contributed by atoms with Crippen molar-refractivity contribution in [3.05, 3.63) is 35.9 Å². The van der Waals surface area contributed by atoms with Gasteiger partial charge in [-0.3, -0.25) is 0 Å². The summed E-state index contributed by atoms with van der Waals surface area (Å²) in [5.74, 6) is -0.278. The van der Waals surface area contributed by atoms with Crippen LogP contribution in [0.1, 0.15) is 25.3 Å². The summed E-state index contributed by atoms with van der Waals surface area (Å²) >= 11 is 0. The highest BCUT2D eigenvalue weighted by atomic mass is 16.6. The molecule has 0 aliphatic carbocycles. The summed E-state index contributed by atoms with van der Waals surface area (Å²) in [6, 6.07) is 9.54. The van der Waals surface area contributed by atoms with Crippen LogP contribution in [-0.4, -0.2) is 19.2 Å². The molecule has 1 aliphatic rings. The van der Waals surface area contributed by atoms with E-state index in [2.05, 4.69) is 0 Å². The van der Waals surface area contributed by atoms with Crippen molar-refractivity contribution >= 4 is 5.97 Å². The standard InChI is InChI=1S/C13H16O3/c1-10-8-9-13(15-2,12(14)16-10)11-6-4-3-5-7-11/h3-7,10H,8-9H2,1-2H3. The Bertz CT molecular complexity index is 374. The maximum absolute atomic E-state index is 12.0. The molecule has 2 unspecified atom stereocenters. The molecule has 86 valence electrons. The summed E-state index contributed by atoms with van der Waals surface area (Å²) < 4.78 is 10.7. The van der Waals surface area contributed by atoms with Crippen LogP contribution in [0.15, 0.2) is 30.3 Å². The quantitative estimate of drug-likeness (QED) is 0.717. The lowest BCUT2D eigenvalue weighted by Crippen LogP contribution is -2.45. The summed E-state index contributed by atoms with van der Waals surface area (Å²) in [4.78, 5) is 12.0. The first-order chi connectivity index (χ1) is 7.69. The van der Waals surface area contributed by atoms with Gasteiger partial charge in [-0.1, -0.05) is 30.3 Å². The normalized spacial score (nSPS) is 29.9. The second kappa shape index (κ2) is 4.26. The first-order valence-electron chi connectivity index (χ1n) is 5.51. The Morgan fingerprint density at radius 2 is 2.06 bits per heavy atom. The van der Waals surface area contributed by atoms with Gasteiger partial charge < -0.3 is 9.47 Å². The van der Waals surface area contributed by atoms with Crippen molar-refractivity contribution in [3.63, 3.8) is 0 Å². The van der Waals surface area contributed by atoms with E-state index in [1.807, 2.05) is 37.3 Å². The van der Waals surface area contributed by atoms with Gasteiger partial charge in [0, 0.05) is 7.11 Å². The molecule has 0 aromatic heterocycles. The van der Waals surface area contributed by atoms with Gasteiger partial charge >= 0.3 is 5.97 Å². The highest BCUT2D eigenvalue weighted by molar-refractivity contribution is 5.82. The van der Waals surface area contributed by atoms with Crippen LogP contribution in [0.3, 0.4) is 0 Å². The minimum atomic E-state index is -0.909. The summed E-state index contributed by atoms with van der Waals surface area (Å²) in [5.41, 5.74) is -0.0391. The van der Waals surface area contributed by atoms with Gasteiger partial charge in [-0.25, -0.2) is 4.79 Å². The summed E-state index contributed by atoms with van der Waals surface area (Å²) in [7, 11) is 1.56. The molecule has 0 amide bonds. The van der Waals surface area contributed by atoms with E-state index in [4.69, 9.17) is 9.47 Å². The maximum atomic E-state index is 12.0. The van der Waals surface area contributed by atoms with Crippen LogP contribution < -0.4 is 0 Å². The summed E-state index contributed by atoms with van der Waals surface area (Å²) in [5, 5.41) is 0. The van der Waals surface area contributed by atoms with Crippen LogP contribution in [0, 0.1) is 0 Å². The molecule has 0 radical (unpaired) electrons. The number of carbonyl (C=O) groups excluding carboxylic acids is 1. The molecule has 0 bridgehead atoms. The lowest BCUT2D eigenvalue weighted by molar-refractivity contribution is -0.187. The molecule has 0 saturated carbocycles. The minimum absolute atomic E-state index is 0.0144. The van der Waals surface area contributed by atoms with E-state index in [0.717, 1.165) is 12.0 Å². The van der Waals surface area contributed by atoms with Gasteiger partial charge in [0.25, 0.3) is 0 Å². The lowest BCUT2D eigenvalue weighted by Gasteiger charge is -2.36. The molecule has 1 aromatic carbocycles. The van der Waals surface area contributed by atoms with E-state index in [0.29, 0.717) is 6.42 Å². The van der Waals surface area contributed by atoms with E-state index >= 15 is 0 Å². The molecular formula is C13H16O3. The Morgan fingerprint density at radius 3 is 2.62 bits per heavy atom. The first-order valence-corrected chi connectivity index (χ1v) is 5.51. The number of rotatable bonds is 2. The molecular weight excluding hydrogens is 204 g/mol. The molecule has 0 spiro atoms. The fourth-order valence-corrected chi connectivity index (χ4v) is 2.12. The van der Waals surface area contributed by atoms with E-state index in [1.54, 1.807) is 7.11 Å². The van der Waals surface area contributed by atoms with Gasteiger partial charge in [0.15, 0.2) is 5.60 Å². The minimum Gasteiger partial charge on any atom is -0.460 e. The van der Waals surface area contributed by atoms with E-state index < -0.39 is 5.60 Å². The van der Waals surface area contributed by atoms with Crippen LogP contribution in [0.2, 0.25) is 0 Å². The fraction of sp³-hybridized carbons (Fsp3) is 0.462. The number of ether oxygens (including phenoxy) is 2. The van der Waals surface area contributed by atoms with Crippen LogP contribution in [0.25, 0.3) is 0 Å². The average Bonchev–Trinajstić information content (AvgIpc) is 2.31. The predicted octanol–water partition coefficient (Wildman–Crippen LogP) is 2.25. The van der Waals surface area contributed by atoms with E-state index in [1.165, 1.54) is 0 Å². The van der Waals surface area contributed by atoms with Crippen molar-refractivity contribution < 1.29 is 14.3 Å². The Labute approximate surface area is 95.4 Å². The van der Waals surface area contributed by atoms with Crippen molar-refractivity contribution in [2.45, 2.75) is 31.5 Å². The average molecular weight is 220 g/mol. The Morgan fingerprint density at radius 1 is 1.38 bits per heavy atom. The lowest BCUT2D eigenvalue weighted by atomic mass is 9.86. The van der Waals surface area contributed by atoms with E-state index in [9.17, 15) is 4.79 Å². The van der Waals surface area contributed by atoms with Crippen molar-refractivity contribution in [2.24, 2.45) is 0 Å². The third-order valence-electron chi connectivity index (χ3n) is 3.13. The molecule has 1 aliphatic heterocycles. The van der Waals surface area contributed by atoms with Gasteiger partial charge in [-0.05, 0) is 25.3 Å². The van der Waals surface area contributed by atoms with Gasteiger partial charge in [0.1, 0.15) is 0 Å². The van der Waals surface area contributed by atoms with Crippen molar-refractivity contribution in [1.29, 1.82) is 0 Å². The number of hydrogen-bond acceptors (Lipinski definition) is 3. The van der Waals surface area contributed by atoms with Crippen LogP contribution in [0.4, 0.5) is 0 Å². The Hall–Kier alpha value is -1.35. The summed E-state index contributed by atoms with van der Waals surface area (Å²) in [6.45, 7) is 1.91. The molecule has 16 heavy (non-hydrogen) atoms. The monoisotopic (exact) mass is 220 g/mol. The highest BCUT2D eigenvalue weighted by Crippen LogP contribution is 2.36. The van der Waals surface area contributed by atoms with Gasteiger partial charge in [0.05, 0.1) is 6.10 Å². The second-order valence-electron chi connectivity index (χ2n) is 4.15. The van der Waals surface area contributed by atoms with Gasteiger partial charge in [-0.2, -0.15) is 0 Å². The molecule has 1 saturated heterocycles. The Balaban J connectivity index is 2.36. The number of methoxy groups -OCH3 is 1. The molecule has 1 fully saturated rings. The zero-order valence-corrected chi connectivity index (χ0v) is 9.60. The van der Waals surface area contributed by atoms with Crippen molar-refractivity contribution in [3.8, 4) is 0 Å². The fourth-order valence-electron chi connectivity index (χ4n) is 2.12. The zero-order valence-electron chi connectivity index (χ0n) is 9.60. The first kappa shape index (κ1) is 11.1. The molecule has 3 heteroatoms. The number of cyclic esters (lactones) is 1. The summed E-state index contributed by atoms with van der Waals surface area (Å²) in [6.07, 6.45) is 1.49. The van der Waals surface area contributed by atoms with Gasteiger partial charge in [0.2, 0.25) is 0 Å². The largest absolute Gasteiger partial charge is 0.460 e. The van der Waals surface area contributed by atoms with Crippen molar-refractivity contribution in [2.75, 3.05) is 7.11 Å². The van der Waals surface area contributed by atoms with Crippen LogP contribution in [-0.2, 0) is 19.9 Å². The third kappa shape index (κ3) is 1.71. The second-order valence-corrected chi connectivity index (χ2v) is 4.15. The number of esters is 1. The van der Waals surface area contributed by atoms with Crippen molar-refractivity contribution in [1.82, 2.24) is 0 Å². The van der Waals surface area contributed by atoms with Crippen LogP contribution in [0.5, 0.6) is 0 Å². The molecule has 2 rings (SSSR count). The highest BCUT2D eigenvalue weighted by Gasteiger charge is 2.45. The SMILES string of the molecule is COC1(c2ccccc2)CCC(C)OC1=O. The maximum Gasteiger partial charge on any atom is 0.343 e. The van der Waals surface area contributed by atoms with Gasteiger partial charge in [-0.15, -0.1) is 0 Å².